The van der Waals surface area contributed by atoms with Gasteiger partial charge in [0, 0.05) is 37.6 Å². The molecule has 13 heteroatoms. The van der Waals surface area contributed by atoms with E-state index in [0.717, 1.165) is 43.1 Å². The van der Waals surface area contributed by atoms with Crippen LogP contribution in [0.25, 0.3) is 15.2 Å². The Kier molecular flexibility index (Phi) is 10.1. The molecular formula is C33H42FN5O6S. The molecule has 6 rings (SSSR count). The molecule has 2 aliphatic rings. The van der Waals surface area contributed by atoms with Crippen LogP contribution in [0.1, 0.15) is 63.5 Å². The second kappa shape index (κ2) is 13.9. The molecule has 1 saturated heterocycles. The first-order chi connectivity index (χ1) is 21.9. The van der Waals surface area contributed by atoms with E-state index in [2.05, 4.69) is 5.10 Å². The van der Waals surface area contributed by atoms with E-state index in [1.807, 2.05) is 6.92 Å². The Labute approximate surface area is 270 Å². The van der Waals surface area contributed by atoms with Crippen LogP contribution in [-0.4, -0.2) is 72.3 Å². The van der Waals surface area contributed by atoms with Gasteiger partial charge in [0.25, 0.3) is 5.56 Å². The third-order valence-corrected chi connectivity index (χ3v) is 10.2. The zero-order valence-electron chi connectivity index (χ0n) is 26.7. The summed E-state index contributed by atoms with van der Waals surface area (Å²) in [5, 5.41) is 23.2. The third-order valence-electron chi connectivity index (χ3n) is 8.89. The number of aliphatic hydroxyl groups excluding tert-OH is 2. The maximum absolute atomic E-state index is 14.1. The van der Waals surface area contributed by atoms with Crippen molar-refractivity contribution in [2.45, 2.75) is 90.0 Å². The van der Waals surface area contributed by atoms with Gasteiger partial charge < -0.3 is 19.8 Å². The van der Waals surface area contributed by atoms with Gasteiger partial charge in [-0.05, 0) is 95.5 Å². The van der Waals surface area contributed by atoms with Crippen molar-refractivity contribution in [3.05, 3.63) is 74.4 Å². The van der Waals surface area contributed by atoms with Gasteiger partial charge >= 0.3 is 5.69 Å². The minimum absolute atomic E-state index is 0.140. The second-order valence-electron chi connectivity index (χ2n) is 12.5. The van der Waals surface area contributed by atoms with Crippen LogP contribution in [0.15, 0.2) is 46.2 Å². The van der Waals surface area contributed by atoms with Gasteiger partial charge in [0.05, 0.1) is 24.7 Å². The number of carbonyl (C=O) groups excluding carboxylic acids is 1. The lowest BCUT2D eigenvalue weighted by atomic mass is 9.95. The lowest BCUT2D eigenvalue weighted by Crippen LogP contribution is -2.56. The Bertz CT molecular complexity index is 1790. The number of ether oxygens (including phenoxy) is 1. The maximum Gasteiger partial charge on any atom is 0.333 e. The standard InChI is InChI=1S/C27H30FN5O4S.C6H12O2/c1-17-21-22(34)33(27(2,3)25(35)30-12-5-6-13-30)26(36)31(24(21)38-23(17)32-14-7-11-29-32)15-10-18-16-19(28)8-9-20(18)37-4;7-5-1-2-6(8)4-3-5/h7-9,11,14,16H,5-6,10,12-13,15H2,1-4H3;5-8H,1-4H2. The van der Waals surface area contributed by atoms with E-state index in [1.165, 1.54) is 35.1 Å². The van der Waals surface area contributed by atoms with Crippen molar-refractivity contribution in [1.82, 2.24) is 23.8 Å². The Balaban J connectivity index is 0.000000455. The highest BCUT2D eigenvalue weighted by Gasteiger charge is 2.39. The minimum Gasteiger partial charge on any atom is -0.496 e. The normalized spacial score (nSPS) is 18.5. The van der Waals surface area contributed by atoms with Gasteiger partial charge in [0.1, 0.15) is 26.9 Å². The fourth-order valence-corrected chi connectivity index (χ4v) is 7.53. The number of fused-ring (bicyclic) bond motifs is 1. The zero-order chi connectivity index (χ0) is 33.2. The van der Waals surface area contributed by atoms with Crippen LogP contribution in [0.2, 0.25) is 0 Å². The fourth-order valence-electron chi connectivity index (χ4n) is 6.27. The number of hydrogen-bond acceptors (Lipinski definition) is 8. The van der Waals surface area contributed by atoms with Crippen molar-refractivity contribution in [1.29, 1.82) is 0 Å². The van der Waals surface area contributed by atoms with E-state index in [4.69, 9.17) is 14.9 Å². The summed E-state index contributed by atoms with van der Waals surface area (Å²) >= 11 is 1.29. The lowest BCUT2D eigenvalue weighted by Gasteiger charge is -2.31. The molecule has 4 heterocycles. The number of nitrogens with zero attached hydrogens (tertiary/aromatic N) is 5. The van der Waals surface area contributed by atoms with Crippen LogP contribution in [0, 0.1) is 12.7 Å². The van der Waals surface area contributed by atoms with Crippen LogP contribution in [0.3, 0.4) is 0 Å². The monoisotopic (exact) mass is 655 g/mol. The van der Waals surface area contributed by atoms with Crippen LogP contribution in [0.5, 0.6) is 5.75 Å². The molecule has 0 unspecified atom stereocenters. The summed E-state index contributed by atoms with van der Waals surface area (Å²) in [6.07, 6.45) is 8.32. The van der Waals surface area contributed by atoms with Crippen LogP contribution in [-0.2, 0) is 23.3 Å². The highest BCUT2D eigenvalue weighted by molar-refractivity contribution is 7.21. The first-order valence-corrected chi connectivity index (χ1v) is 16.5. The molecule has 1 saturated carbocycles. The first-order valence-electron chi connectivity index (χ1n) is 15.7. The van der Waals surface area contributed by atoms with Gasteiger partial charge in [0.2, 0.25) is 5.91 Å². The molecule has 4 aromatic rings. The van der Waals surface area contributed by atoms with Crippen LogP contribution < -0.4 is 16.0 Å². The van der Waals surface area contributed by atoms with E-state index in [0.29, 0.717) is 45.2 Å². The average Bonchev–Trinajstić information content (AvgIpc) is 3.81. The smallest absolute Gasteiger partial charge is 0.333 e. The predicted molar refractivity (Wildman–Crippen MR) is 174 cm³/mol. The van der Waals surface area contributed by atoms with Crippen LogP contribution in [0.4, 0.5) is 4.39 Å². The molecule has 0 bridgehead atoms. The summed E-state index contributed by atoms with van der Waals surface area (Å²) in [6.45, 7) is 6.43. The summed E-state index contributed by atoms with van der Waals surface area (Å²) < 4.78 is 23.7. The van der Waals surface area contributed by atoms with E-state index in [-0.39, 0.29) is 31.1 Å². The number of halogens is 1. The van der Waals surface area contributed by atoms with Crippen molar-refractivity contribution in [2.75, 3.05) is 20.2 Å². The number of benzene rings is 1. The lowest BCUT2D eigenvalue weighted by molar-refractivity contribution is -0.138. The number of carbonyl (C=O) groups is 1. The van der Waals surface area contributed by atoms with Crippen molar-refractivity contribution in [3.63, 3.8) is 0 Å². The highest BCUT2D eigenvalue weighted by Crippen LogP contribution is 2.32. The number of aromatic nitrogens is 4. The molecule has 3 aromatic heterocycles. The quantitative estimate of drug-likeness (QED) is 0.310. The number of likely N-dealkylation sites (tertiary alicyclic amines) is 1. The predicted octanol–water partition coefficient (Wildman–Crippen LogP) is 3.75. The maximum atomic E-state index is 14.1. The summed E-state index contributed by atoms with van der Waals surface area (Å²) in [7, 11) is 1.51. The summed E-state index contributed by atoms with van der Waals surface area (Å²) in [4.78, 5) is 43.8. The molecule has 46 heavy (non-hydrogen) atoms. The van der Waals surface area contributed by atoms with Crippen molar-refractivity contribution >= 4 is 27.5 Å². The summed E-state index contributed by atoms with van der Waals surface area (Å²) in [5.41, 5.74) is -1.21. The first kappa shape index (κ1) is 33.6. The molecular weight excluding hydrogens is 613 g/mol. The Morgan fingerprint density at radius 2 is 1.76 bits per heavy atom. The highest BCUT2D eigenvalue weighted by atomic mass is 32.1. The number of aryl methyl sites for hydroxylation is 3. The van der Waals surface area contributed by atoms with Gasteiger partial charge in [-0.2, -0.15) is 5.10 Å². The minimum atomic E-state index is -1.40. The van der Waals surface area contributed by atoms with Gasteiger partial charge in [-0.15, -0.1) is 0 Å². The van der Waals surface area contributed by atoms with Crippen molar-refractivity contribution in [2.24, 2.45) is 0 Å². The van der Waals surface area contributed by atoms with E-state index in [1.54, 1.807) is 48.0 Å². The number of amides is 1. The number of rotatable bonds is 7. The zero-order valence-corrected chi connectivity index (χ0v) is 27.6. The molecule has 1 aromatic carbocycles. The van der Waals surface area contributed by atoms with Crippen LogP contribution >= 0.6 is 11.3 Å². The second-order valence-corrected chi connectivity index (χ2v) is 13.4. The van der Waals surface area contributed by atoms with Crippen molar-refractivity contribution < 1.29 is 24.1 Å². The SMILES string of the molecule is COc1ccc(F)cc1CCn1c(=O)n(C(C)(C)C(=O)N2CCCC2)c(=O)c2c(C)c(-n3cccn3)sc21.OC1CCC(O)CC1. The third kappa shape index (κ3) is 6.67. The van der Waals surface area contributed by atoms with Gasteiger partial charge in [-0.3, -0.25) is 14.2 Å². The van der Waals surface area contributed by atoms with Gasteiger partial charge in [-0.1, -0.05) is 11.3 Å². The molecule has 0 radical (unpaired) electrons. The Morgan fingerprint density at radius 1 is 1.11 bits per heavy atom. The molecule has 1 amide bonds. The molecule has 1 aliphatic heterocycles. The molecule has 0 atom stereocenters. The Morgan fingerprint density at radius 3 is 2.35 bits per heavy atom. The summed E-state index contributed by atoms with van der Waals surface area (Å²) in [5.74, 6) is -0.159. The van der Waals surface area contributed by atoms with E-state index in [9.17, 15) is 18.8 Å². The van der Waals surface area contributed by atoms with E-state index < -0.39 is 22.6 Å². The molecule has 0 spiro atoms. The molecule has 248 valence electrons. The number of thiophene rings is 1. The topological polar surface area (TPSA) is 132 Å². The summed E-state index contributed by atoms with van der Waals surface area (Å²) in [6, 6.07) is 6.03. The number of aliphatic hydroxyl groups is 2. The molecule has 2 fully saturated rings. The fraction of sp³-hybridized carbons (Fsp3) is 0.515. The van der Waals surface area contributed by atoms with E-state index >= 15 is 0 Å². The van der Waals surface area contributed by atoms with Gasteiger partial charge in [0.15, 0.2) is 0 Å². The molecule has 1 aliphatic carbocycles. The number of hydrogen-bond donors (Lipinski definition) is 2. The van der Waals surface area contributed by atoms with Gasteiger partial charge in [-0.25, -0.2) is 18.4 Å². The molecule has 2 N–H and O–H groups in total. The number of methoxy groups -OCH3 is 1. The van der Waals surface area contributed by atoms with Crippen molar-refractivity contribution in [3.8, 4) is 10.8 Å². The average molecular weight is 656 g/mol. The molecule has 11 nitrogen and oxygen atoms in total. The largest absolute Gasteiger partial charge is 0.496 e. The Hall–Kier alpha value is -3.81.